The molecule has 0 unspecified atom stereocenters. The molecule has 6 heteroatoms. The topological polar surface area (TPSA) is 52.0 Å². The lowest BCUT2D eigenvalue weighted by molar-refractivity contribution is 0.0974. The standard InChI is InChI=1S/C20H16N2O2S2/c1-12-8-9-16(25-12)15(23)10-22-11-21-19-17(20(22)24)13(2)18(26-19)14-6-4-3-5-7-14/h3-9,11H,10H2,1-2H3. The molecule has 0 bridgehead atoms. The fourth-order valence-electron chi connectivity index (χ4n) is 2.95. The normalized spacial score (nSPS) is 11.2. The number of Topliss-reactive ketones (excluding diaryl/α,β-unsaturated/α-hetero) is 1. The molecular formula is C20H16N2O2S2. The van der Waals surface area contributed by atoms with Crippen LogP contribution in [-0.4, -0.2) is 15.3 Å². The predicted molar refractivity (Wildman–Crippen MR) is 107 cm³/mol. The van der Waals surface area contributed by atoms with Crippen molar-refractivity contribution in [3.05, 3.63) is 74.5 Å². The Morgan fingerprint density at radius 1 is 1.08 bits per heavy atom. The SMILES string of the molecule is Cc1ccc(C(=O)Cn2cnc3sc(-c4ccccc4)c(C)c3c2=O)s1. The average molecular weight is 380 g/mol. The van der Waals surface area contributed by atoms with Gasteiger partial charge in [-0.15, -0.1) is 22.7 Å². The number of ketones is 1. The highest BCUT2D eigenvalue weighted by atomic mass is 32.1. The summed E-state index contributed by atoms with van der Waals surface area (Å²) in [5.74, 6) is -0.0671. The third-order valence-corrected chi connectivity index (χ3v) is 6.57. The number of nitrogens with zero attached hydrogens (tertiary/aromatic N) is 2. The Labute approximate surface area is 158 Å². The van der Waals surface area contributed by atoms with Crippen LogP contribution < -0.4 is 5.56 Å². The predicted octanol–water partition coefficient (Wildman–Crippen LogP) is 4.69. The summed E-state index contributed by atoms with van der Waals surface area (Å²) in [4.78, 5) is 33.3. The molecule has 4 nitrogen and oxygen atoms in total. The van der Waals surface area contributed by atoms with Gasteiger partial charge in [0.05, 0.1) is 23.1 Å². The van der Waals surface area contributed by atoms with E-state index in [1.807, 2.05) is 56.3 Å². The van der Waals surface area contributed by atoms with Crippen molar-refractivity contribution >= 4 is 38.7 Å². The number of carbonyl (C=O) groups excluding carboxylic acids is 1. The van der Waals surface area contributed by atoms with Gasteiger partial charge in [-0.2, -0.15) is 0 Å². The molecule has 0 spiro atoms. The van der Waals surface area contributed by atoms with E-state index in [-0.39, 0.29) is 17.9 Å². The maximum atomic E-state index is 12.9. The van der Waals surface area contributed by atoms with E-state index >= 15 is 0 Å². The van der Waals surface area contributed by atoms with Gasteiger partial charge in [0.1, 0.15) is 4.83 Å². The number of carbonyl (C=O) groups is 1. The van der Waals surface area contributed by atoms with Gasteiger partial charge >= 0.3 is 0 Å². The van der Waals surface area contributed by atoms with Crippen LogP contribution >= 0.6 is 22.7 Å². The maximum Gasteiger partial charge on any atom is 0.262 e. The van der Waals surface area contributed by atoms with Crippen molar-refractivity contribution in [3.8, 4) is 10.4 Å². The van der Waals surface area contributed by atoms with Crippen LogP contribution in [0.5, 0.6) is 0 Å². The van der Waals surface area contributed by atoms with Gasteiger partial charge in [0.25, 0.3) is 5.56 Å². The second kappa shape index (κ2) is 6.63. The van der Waals surface area contributed by atoms with Crippen LogP contribution in [0.3, 0.4) is 0 Å². The fraction of sp³-hybridized carbons (Fsp3) is 0.150. The van der Waals surface area contributed by atoms with Crippen LogP contribution in [0, 0.1) is 13.8 Å². The molecule has 0 aliphatic heterocycles. The van der Waals surface area contributed by atoms with E-state index in [9.17, 15) is 9.59 Å². The van der Waals surface area contributed by atoms with Gasteiger partial charge in [0.2, 0.25) is 0 Å². The number of benzene rings is 1. The number of aromatic nitrogens is 2. The summed E-state index contributed by atoms with van der Waals surface area (Å²) in [5, 5.41) is 0.603. The average Bonchev–Trinajstić information content (AvgIpc) is 3.22. The third kappa shape index (κ3) is 2.91. The van der Waals surface area contributed by atoms with Gasteiger partial charge in [-0.1, -0.05) is 30.3 Å². The minimum atomic E-state index is -0.160. The third-order valence-electron chi connectivity index (χ3n) is 4.28. The lowest BCUT2D eigenvalue weighted by atomic mass is 10.1. The fourth-order valence-corrected chi connectivity index (χ4v) is 4.90. The first-order chi connectivity index (χ1) is 12.5. The molecule has 0 aliphatic carbocycles. The number of thiophene rings is 2. The first-order valence-corrected chi connectivity index (χ1v) is 9.81. The van der Waals surface area contributed by atoms with Crippen LogP contribution in [0.4, 0.5) is 0 Å². The Balaban J connectivity index is 1.76. The van der Waals surface area contributed by atoms with E-state index in [0.29, 0.717) is 15.1 Å². The Morgan fingerprint density at radius 2 is 1.85 bits per heavy atom. The molecular weight excluding hydrogens is 364 g/mol. The van der Waals surface area contributed by atoms with E-state index in [0.717, 1.165) is 20.9 Å². The number of fused-ring (bicyclic) bond motifs is 1. The van der Waals surface area contributed by atoms with Crippen LogP contribution in [0.15, 0.2) is 53.6 Å². The Hall–Kier alpha value is -2.57. The molecule has 0 saturated carbocycles. The minimum absolute atomic E-state index is 0.0116. The second-order valence-corrected chi connectivity index (χ2v) is 8.40. The molecule has 0 atom stereocenters. The lowest BCUT2D eigenvalue weighted by Gasteiger charge is -2.04. The summed E-state index contributed by atoms with van der Waals surface area (Å²) in [7, 11) is 0. The van der Waals surface area contributed by atoms with Gasteiger partial charge in [-0.3, -0.25) is 14.2 Å². The minimum Gasteiger partial charge on any atom is -0.291 e. The molecule has 1 aromatic carbocycles. The van der Waals surface area contributed by atoms with E-state index in [1.54, 1.807) is 0 Å². The molecule has 3 heterocycles. The number of rotatable bonds is 4. The monoisotopic (exact) mass is 380 g/mol. The van der Waals surface area contributed by atoms with Crippen molar-refractivity contribution in [3.63, 3.8) is 0 Å². The molecule has 0 amide bonds. The molecule has 0 aliphatic rings. The van der Waals surface area contributed by atoms with E-state index in [1.165, 1.54) is 33.6 Å². The molecule has 0 fully saturated rings. The van der Waals surface area contributed by atoms with Crippen molar-refractivity contribution in [2.45, 2.75) is 20.4 Å². The molecule has 0 N–H and O–H groups in total. The largest absolute Gasteiger partial charge is 0.291 e. The zero-order valence-corrected chi connectivity index (χ0v) is 16.0. The zero-order valence-electron chi connectivity index (χ0n) is 14.4. The van der Waals surface area contributed by atoms with Gasteiger partial charge in [0, 0.05) is 9.75 Å². The van der Waals surface area contributed by atoms with Crippen LogP contribution in [-0.2, 0) is 6.54 Å². The first kappa shape index (κ1) is 16.9. The number of aryl methyl sites for hydroxylation is 2. The van der Waals surface area contributed by atoms with Gasteiger partial charge in [-0.05, 0) is 37.1 Å². The van der Waals surface area contributed by atoms with Crippen LogP contribution in [0.25, 0.3) is 20.7 Å². The molecule has 26 heavy (non-hydrogen) atoms. The maximum absolute atomic E-state index is 12.9. The smallest absolute Gasteiger partial charge is 0.262 e. The highest BCUT2D eigenvalue weighted by Crippen LogP contribution is 2.35. The Morgan fingerprint density at radius 3 is 2.54 bits per heavy atom. The van der Waals surface area contributed by atoms with Gasteiger partial charge < -0.3 is 0 Å². The van der Waals surface area contributed by atoms with Gasteiger partial charge in [-0.25, -0.2) is 4.98 Å². The zero-order chi connectivity index (χ0) is 18.3. The molecule has 3 aromatic heterocycles. The van der Waals surface area contributed by atoms with Crippen LogP contribution in [0.1, 0.15) is 20.1 Å². The Bertz CT molecular complexity index is 1170. The second-order valence-electron chi connectivity index (χ2n) is 6.11. The lowest BCUT2D eigenvalue weighted by Crippen LogP contribution is -2.24. The highest BCUT2D eigenvalue weighted by Gasteiger charge is 2.17. The van der Waals surface area contributed by atoms with Gasteiger partial charge in [0.15, 0.2) is 5.78 Å². The van der Waals surface area contributed by atoms with E-state index in [2.05, 4.69) is 4.98 Å². The summed E-state index contributed by atoms with van der Waals surface area (Å²) in [6.07, 6.45) is 1.48. The van der Waals surface area contributed by atoms with Crippen molar-refractivity contribution in [2.75, 3.05) is 0 Å². The summed E-state index contributed by atoms with van der Waals surface area (Å²) in [6, 6.07) is 13.7. The van der Waals surface area contributed by atoms with E-state index < -0.39 is 0 Å². The summed E-state index contributed by atoms with van der Waals surface area (Å²) < 4.78 is 1.41. The molecule has 4 aromatic rings. The van der Waals surface area contributed by atoms with Crippen molar-refractivity contribution in [1.82, 2.24) is 9.55 Å². The number of hydrogen-bond acceptors (Lipinski definition) is 5. The number of hydrogen-bond donors (Lipinski definition) is 0. The first-order valence-electron chi connectivity index (χ1n) is 8.18. The van der Waals surface area contributed by atoms with Crippen LogP contribution in [0.2, 0.25) is 0 Å². The molecule has 130 valence electrons. The molecule has 0 saturated heterocycles. The summed E-state index contributed by atoms with van der Waals surface area (Å²) in [6.45, 7) is 3.91. The van der Waals surface area contributed by atoms with Crippen molar-refractivity contribution < 1.29 is 4.79 Å². The summed E-state index contributed by atoms with van der Waals surface area (Å²) >= 11 is 2.96. The van der Waals surface area contributed by atoms with Crippen molar-refractivity contribution in [2.24, 2.45) is 0 Å². The van der Waals surface area contributed by atoms with E-state index in [4.69, 9.17) is 0 Å². The molecule has 0 radical (unpaired) electrons. The highest BCUT2D eigenvalue weighted by molar-refractivity contribution is 7.22. The molecule has 4 rings (SSSR count). The quantitative estimate of drug-likeness (QED) is 0.483. The van der Waals surface area contributed by atoms with Crippen molar-refractivity contribution in [1.29, 1.82) is 0 Å². The summed E-state index contributed by atoms with van der Waals surface area (Å²) in [5.41, 5.74) is 1.83. The Kier molecular flexibility index (Phi) is 4.30.